The smallest absolute Gasteiger partial charge is 0.341 e. The largest absolute Gasteiger partial charge is 0.480 e. The van der Waals surface area contributed by atoms with Crippen LogP contribution < -0.4 is 10.1 Å². The number of ether oxygens (including phenoxy) is 2. The van der Waals surface area contributed by atoms with Crippen LogP contribution in [0.4, 0.5) is 0 Å². The Kier molecular flexibility index (Phi) is 5.29. The number of halogens is 1. The highest BCUT2D eigenvalue weighted by molar-refractivity contribution is 6.32. The molecule has 2 aliphatic rings. The topological polar surface area (TPSA) is 102 Å². The van der Waals surface area contributed by atoms with Crippen molar-refractivity contribution >= 4 is 35.0 Å². The molecule has 2 N–H and O–H groups in total. The summed E-state index contributed by atoms with van der Waals surface area (Å²) >= 11 is 6.33. The van der Waals surface area contributed by atoms with Crippen molar-refractivity contribution < 1.29 is 29.0 Å². The van der Waals surface area contributed by atoms with Crippen molar-refractivity contribution in [3.63, 3.8) is 0 Å². The number of carbonyl (C=O) groups is 3. The van der Waals surface area contributed by atoms with Gasteiger partial charge in [-0.15, -0.1) is 0 Å². The van der Waals surface area contributed by atoms with Crippen LogP contribution in [0.1, 0.15) is 34.3 Å². The minimum absolute atomic E-state index is 0.171. The zero-order valence-electron chi connectivity index (χ0n) is 16.7. The van der Waals surface area contributed by atoms with Crippen LogP contribution >= 0.6 is 11.6 Å². The molecule has 7 nitrogen and oxygen atoms in total. The van der Waals surface area contributed by atoms with Crippen LogP contribution in [0, 0.1) is 0 Å². The van der Waals surface area contributed by atoms with E-state index in [2.05, 4.69) is 5.32 Å². The Balaban J connectivity index is 1.85. The predicted molar refractivity (Wildman–Crippen MR) is 113 cm³/mol. The fourth-order valence-corrected chi connectivity index (χ4v) is 4.24. The molecule has 2 aromatic carbocycles. The van der Waals surface area contributed by atoms with Gasteiger partial charge in [0.05, 0.1) is 23.4 Å². The molecule has 158 valence electrons. The third kappa shape index (κ3) is 3.47. The van der Waals surface area contributed by atoms with E-state index in [9.17, 15) is 14.4 Å². The summed E-state index contributed by atoms with van der Waals surface area (Å²) in [5, 5.41) is 12.2. The number of ketones is 1. The summed E-state index contributed by atoms with van der Waals surface area (Å²) in [5.41, 5.74) is 3.86. The van der Waals surface area contributed by atoms with Gasteiger partial charge in [0.2, 0.25) is 0 Å². The van der Waals surface area contributed by atoms with Crippen LogP contribution in [0.25, 0.3) is 5.70 Å². The summed E-state index contributed by atoms with van der Waals surface area (Å²) in [4.78, 5) is 36.8. The molecule has 0 amide bonds. The zero-order chi connectivity index (χ0) is 22.3. The van der Waals surface area contributed by atoms with E-state index < -0.39 is 24.5 Å². The molecule has 31 heavy (non-hydrogen) atoms. The monoisotopic (exact) mass is 439 g/mol. The molecular formula is C23H18ClNO6. The molecule has 0 spiro atoms. The average molecular weight is 440 g/mol. The first-order chi connectivity index (χ1) is 14.8. The standard InChI is InChI=1S/C23H18ClNO6/c1-11-18(23(29)30-2)19(12-7-8-16(15(24)9-12)31-10-17(26)27)20-21(25-11)13-5-3-4-6-14(13)22(20)28/h3-9,19,25H,10H2,1-2H3,(H,26,27)/t19-/m1/s1. The van der Waals surface area contributed by atoms with Crippen molar-refractivity contribution in [2.24, 2.45) is 0 Å². The lowest BCUT2D eigenvalue weighted by atomic mass is 9.80. The van der Waals surface area contributed by atoms with Crippen LogP contribution in [0.2, 0.25) is 5.02 Å². The number of nitrogens with one attached hydrogen (secondary N) is 1. The van der Waals surface area contributed by atoms with E-state index in [-0.39, 0.29) is 16.6 Å². The molecule has 4 rings (SSSR count). The first-order valence-electron chi connectivity index (χ1n) is 9.42. The Bertz CT molecular complexity index is 1200. The normalized spacial score (nSPS) is 17.1. The molecule has 2 aromatic rings. The lowest BCUT2D eigenvalue weighted by Crippen LogP contribution is -2.29. The Hall–Kier alpha value is -3.58. The van der Waals surface area contributed by atoms with Gasteiger partial charge in [-0.05, 0) is 24.6 Å². The molecule has 0 bridgehead atoms. The molecule has 0 unspecified atom stereocenters. The van der Waals surface area contributed by atoms with Crippen molar-refractivity contribution in [3.05, 3.63) is 81.0 Å². The molecular weight excluding hydrogens is 422 g/mol. The number of hydrogen-bond donors (Lipinski definition) is 2. The van der Waals surface area contributed by atoms with Crippen molar-refractivity contribution in [3.8, 4) is 5.75 Å². The fourth-order valence-electron chi connectivity index (χ4n) is 4.00. The van der Waals surface area contributed by atoms with E-state index in [0.717, 1.165) is 5.56 Å². The molecule has 0 aromatic heterocycles. The first-order valence-corrected chi connectivity index (χ1v) is 9.79. The van der Waals surface area contributed by atoms with Gasteiger partial charge in [0, 0.05) is 28.3 Å². The number of carboxylic acid groups (broad SMARTS) is 1. The summed E-state index contributed by atoms with van der Waals surface area (Å²) in [6.07, 6.45) is 0. The Labute approximate surface area is 182 Å². The van der Waals surface area contributed by atoms with Gasteiger partial charge in [0.1, 0.15) is 5.75 Å². The van der Waals surface area contributed by atoms with Gasteiger partial charge < -0.3 is 19.9 Å². The second kappa shape index (κ2) is 7.92. The van der Waals surface area contributed by atoms with E-state index >= 15 is 0 Å². The number of carbonyl (C=O) groups excluding carboxylic acids is 2. The van der Waals surface area contributed by atoms with Gasteiger partial charge in [-0.3, -0.25) is 4.79 Å². The van der Waals surface area contributed by atoms with E-state index in [1.807, 2.05) is 12.1 Å². The number of dihydropyridines is 1. The van der Waals surface area contributed by atoms with Gasteiger partial charge in [-0.25, -0.2) is 9.59 Å². The Morgan fingerprint density at radius 1 is 1.16 bits per heavy atom. The number of allylic oxidation sites excluding steroid dienone is 2. The molecule has 0 fully saturated rings. The van der Waals surface area contributed by atoms with E-state index in [0.29, 0.717) is 33.7 Å². The van der Waals surface area contributed by atoms with Crippen LogP contribution in [0.15, 0.2) is 59.3 Å². The van der Waals surface area contributed by atoms with Crippen molar-refractivity contribution in [1.29, 1.82) is 0 Å². The molecule has 1 heterocycles. The summed E-state index contributed by atoms with van der Waals surface area (Å²) in [5.74, 6) is -2.40. The second-order valence-electron chi connectivity index (χ2n) is 7.12. The summed E-state index contributed by atoms with van der Waals surface area (Å²) < 4.78 is 10.2. The molecule has 0 radical (unpaired) electrons. The summed E-state index contributed by atoms with van der Waals surface area (Å²) in [7, 11) is 1.28. The van der Waals surface area contributed by atoms with E-state index in [1.54, 1.807) is 31.2 Å². The van der Waals surface area contributed by atoms with Crippen LogP contribution in [-0.4, -0.2) is 36.5 Å². The molecule has 0 saturated heterocycles. The van der Waals surface area contributed by atoms with Gasteiger partial charge in [-0.1, -0.05) is 41.9 Å². The lowest BCUT2D eigenvalue weighted by Gasteiger charge is -2.29. The minimum atomic E-state index is -1.13. The highest BCUT2D eigenvalue weighted by Crippen LogP contribution is 2.47. The summed E-state index contributed by atoms with van der Waals surface area (Å²) in [6, 6.07) is 12.0. The molecule has 8 heteroatoms. The number of rotatable bonds is 5. The zero-order valence-corrected chi connectivity index (χ0v) is 17.4. The van der Waals surface area contributed by atoms with E-state index in [1.165, 1.54) is 13.2 Å². The molecule has 1 atom stereocenters. The van der Waals surface area contributed by atoms with Crippen LogP contribution in [0.3, 0.4) is 0 Å². The minimum Gasteiger partial charge on any atom is -0.480 e. The number of hydrogen-bond acceptors (Lipinski definition) is 6. The highest BCUT2D eigenvalue weighted by atomic mass is 35.5. The van der Waals surface area contributed by atoms with Gasteiger partial charge in [-0.2, -0.15) is 0 Å². The van der Waals surface area contributed by atoms with Crippen LogP contribution in [0.5, 0.6) is 5.75 Å². The second-order valence-corrected chi connectivity index (χ2v) is 7.53. The number of aliphatic carboxylic acids is 1. The van der Waals surface area contributed by atoms with Gasteiger partial charge >= 0.3 is 11.9 Å². The predicted octanol–water partition coefficient (Wildman–Crippen LogP) is 3.54. The Morgan fingerprint density at radius 2 is 1.87 bits per heavy atom. The number of esters is 1. The third-order valence-corrected chi connectivity index (χ3v) is 5.59. The van der Waals surface area contributed by atoms with Crippen molar-refractivity contribution in [2.45, 2.75) is 12.8 Å². The van der Waals surface area contributed by atoms with Crippen molar-refractivity contribution in [2.75, 3.05) is 13.7 Å². The SMILES string of the molecule is COC(=O)C1=C(C)NC2=C(C(=O)c3ccccc32)[C@@H]1c1ccc(OCC(=O)O)c(Cl)c1. The van der Waals surface area contributed by atoms with E-state index in [4.69, 9.17) is 26.2 Å². The fraction of sp³-hybridized carbons (Fsp3) is 0.174. The number of carboxylic acids is 1. The van der Waals surface area contributed by atoms with Crippen molar-refractivity contribution in [1.82, 2.24) is 5.32 Å². The maximum atomic E-state index is 13.3. The number of methoxy groups -OCH3 is 1. The number of Topliss-reactive ketones (excluding diaryl/α,β-unsaturated/α-hetero) is 1. The molecule has 1 aliphatic carbocycles. The van der Waals surface area contributed by atoms with Crippen LogP contribution in [-0.2, 0) is 14.3 Å². The average Bonchev–Trinajstić information content (AvgIpc) is 3.03. The quantitative estimate of drug-likeness (QED) is 0.687. The van der Waals surface area contributed by atoms with Gasteiger partial charge in [0.25, 0.3) is 0 Å². The number of benzene rings is 2. The maximum absolute atomic E-state index is 13.3. The Morgan fingerprint density at radius 3 is 2.52 bits per heavy atom. The first kappa shape index (κ1) is 20.7. The molecule has 0 saturated carbocycles. The number of fused-ring (bicyclic) bond motifs is 2. The van der Waals surface area contributed by atoms with Gasteiger partial charge in [0.15, 0.2) is 12.4 Å². The third-order valence-electron chi connectivity index (χ3n) is 5.29. The lowest BCUT2D eigenvalue weighted by molar-refractivity contribution is -0.139. The highest BCUT2D eigenvalue weighted by Gasteiger charge is 2.42. The molecule has 1 aliphatic heterocycles. The maximum Gasteiger partial charge on any atom is 0.341 e. The summed E-state index contributed by atoms with van der Waals surface area (Å²) in [6.45, 7) is 1.21.